The third-order valence-corrected chi connectivity index (χ3v) is 9.50. The molecule has 0 amide bonds. The van der Waals surface area contributed by atoms with Crippen LogP contribution in [0.25, 0.3) is 0 Å². The predicted molar refractivity (Wildman–Crippen MR) is 127 cm³/mol. The van der Waals surface area contributed by atoms with Crippen LogP contribution >= 0.6 is 29.3 Å². The second kappa shape index (κ2) is 10.6. The molecular formula is C20H26NO2PS3. The zero-order chi connectivity index (χ0) is 19.9. The summed E-state index contributed by atoms with van der Waals surface area (Å²) in [7, 11) is 0. The second-order valence-corrected chi connectivity index (χ2v) is 12.8. The normalized spacial score (nSPS) is 13.0. The highest BCUT2D eigenvalue weighted by molar-refractivity contribution is 8.68. The Kier molecular flexibility index (Phi) is 8.77. The lowest BCUT2D eigenvalue weighted by Gasteiger charge is -2.22. The molecule has 3 nitrogen and oxygen atoms in total. The average Bonchev–Trinajstić information content (AvgIpc) is 2.63. The highest BCUT2D eigenvalue weighted by Gasteiger charge is 2.21. The highest BCUT2D eigenvalue weighted by atomic mass is 32.9. The van der Waals surface area contributed by atoms with E-state index in [9.17, 15) is 0 Å². The predicted octanol–water partition coefficient (Wildman–Crippen LogP) is 6.87. The lowest BCUT2D eigenvalue weighted by molar-refractivity contribution is 0.344. The van der Waals surface area contributed by atoms with Gasteiger partial charge in [0.1, 0.15) is 10.7 Å². The fourth-order valence-corrected chi connectivity index (χ4v) is 7.25. The van der Waals surface area contributed by atoms with Gasteiger partial charge in [0.15, 0.2) is 0 Å². The average molecular weight is 440 g/mol. The van der Waals surface area contributed by atoms with Crippen molar-refractivity contribution in [3.05, 3.63) is 59.2 Å². The number of anilines is 1. The molecule has 0 aliphatic rings. The molecule has 7 heteroatoms. The zero-order valence-corrected chi connectivity index (χ0v) is 19.5. The Hall–Kier alpha value is -0.910. The summed E-state index contributed by atoms with van der Waals surface area (Å²) in [4.78, 5) is 0.699. The van der Waals surface area contributed by atoms with E-state index < -0.39 is 5.69 Å². The van der Waals surface area contributed by atoms with Crippen molar-refractivity contribution in [2.24, 2.45) is 0 Å². The Balaban J connectivity index is 2.11. The Morgan fingerprint density at radius 1 is 1.11 bits per heavy atom. The summed E-state index contributed by atoms with van der Waals surface area (Å²) in [5, 5.41) is 3.32. The van der Waals surface area contributed by atoms with Gasteiger partial charge in [-0.25, -0.2) is 0 Å². The molecule has 0 aliphatic carbocycles. The van der Waals surface area contributed by atoms with Crippen LogP contribution in [0.5, 0.6) is 5.75 Å². The van der Waals surface area contributed by atoms with Gasteiger partial charge in [-0.1, -0.05) is 60.4 Å². The Labute approximate surface area is 177 Å². The number of hydrogen-bond donors (Lipinski definition) is 1. The molecule has 0 saturated heterocycles. The fraction of sp³-hybridized carbons (Fsp3) is 0.350. The Bertz CT molecular complexity index is 824. The smallest absolute Gasteiger partial charge is 0.297 e. The van der Waals surface area contributed by atoms with Crippen molar-refractivity contribution in [3.63, 3.8) is 0 Å². The van der Waals surface area contributed by atoms with Gasteiger partial charge in [0.05, 0.1) is 6.61 Å². The molecule has 0 fully saturated rings. The molecule has 1 atom stereocenters. The van der Waals surface area contributed by atoms with E-state index in [4.69, 9.17) is 33.1 Å². The van der Waals surface area contributed by atoms with E-state index in [1.165, 1.54) is 5.56 Å². The van der Waals surface area contributed by atoms with Gasteiger partial charge in [-0.15, -0.1) is 0 Å². The molecule has 0 bridgehead atoms. The summed E-state index contributed by atoms with van der Waals surface area (Å²) < 4.78 is 11.9. The maximum Gasteiger partial charge on any atom is 0.297 e. The number of aryl methyl sites for hydroxylation is 2. The van der Waals surface area contributed by atoms with Crippen LogP contribution in [0.15, 0.2) is 42.5 Å². The van der Waals surface area contributed by atoms with Gasteiger partial charge in [0.2, 0.25) is 0 Å². The molecule has 0 heterocycles. The van der Waals surface area contributed by atoms with Gasteiger partial charge in [0, 0.05) is 17.0 Å². The minimum absolute atomic E-state index is 0.553. The highest BCUT2D eigenvalue weighted by Crippen LogP contribution is 2.60. The van der Waals surface area contributed by atoms with Gasteiger partial charge in [-0.2, -0.15) is 0 Å². The topological polar surface area (TPSA) is 30.5 Å². The van der Waals surface area contributed by atoms with Crippen LogP contribution in [0, 0.1) is 13.8 Å². The van der Waals surface area contributed by atoms with Gasteiger partial charge in [0.25, 0.3) is 5.69 Å². The molecule has 146 valence electrons. The fourth-order valence-electron chi connectivity index (χ4n) is 2.31. The van der Waals surface area contributed by atoms with Gasteiger partial charge < -0.3 is 14.4 Å². The van der Waals surface area contributed by atoms with E-state index >= 15 is 0 Å². The number of hydrogen-bond acceptors (Lipinski definition) is 5. The first-order chi connectivity index (χ1) is 12.9. The quantitative estimate of drug-likeness (QED) is 0.339. The van der Waals surface area contributed by atoms with Crippen LogP contribution in [-0.2, 0) is 16.3 Å². The van der Waals surface area contributed by atoms with Crippen LogP contribution in [0.3, 0.4) is 0 Å². The molecule has 0 aromatic heterocycles. The van der Waals surface area contributed by atoms with Crippen molar-refractivity contribution in [3.8, 4) is 5.75 Å². The molecule has 27 heavy (non-hydrogen) atoms. The van der Waals surface area contributed by atoms with E-state index in [0.29, 0.717) is 11.6 Å². The molecule has 2 aromatic carbocycles. The third kappa shape index (κ3) is 6.88. The Morgan fingerprint density at radius 3 is 2.41 bits per heavy atom. The largest absolute Gasteiger partial charge is 0.436 e. The molecule has 2 rings (SSSR count). The van der Waals surface area contributed by atoms with Crippen molar-refractivity contribution in [2.45, 2.75) is 34.1 Å². The summed E-state index contributed by atoms with van der Waals surface area (Å²) in [5.74, 6) is 1.67. The van der Waals surface area contributed by atoms with E-state index in [2.05, 4.69) is 31.3 Å². The van der Waals surface area contributed by atoms with Gasteiger partial charge in [-0.05, 0) is 62.8 Å². The van der Waals surface area contributed by atoms with Gasteiger partial charge in [-0.3, -0.25) is 0 Å². The van der Waals surface area contributed by atoms with E-state index in [1.807, 2.05) is 44.2 Å². The molecule has 2 aromatic rings. The van der Waals surface area contributed by atoms with Crippen molar-refractivity contribution in [1.29, 1.82) is 0 Å². The minimum atomic E-state index is -2.37. The van der Waals surface area contributed by atoms with Gasteiger partial charge >= 0.3 is 0 Å². The molecular weight excluding hydrogens is 413 g/mol. The third-order valence-electron chi connectivity index (χ3n) is 3.72. The Morgan fingerprint density at radius 2 is 1.81 bits per heavy atom. The first kappa shape index (κ1) is 22.4. The molecule has 1 unspecified atom stereocenters. The lowest BCUT2D eigenvalue weighted by Crippen LogP contribution is -2.11. The first-order valence-corrected chi connectivity index (χ1v) is 13.6. The maximum atomic E-state index is 6.09. The summed E-state index contributed by atoms with van der Waals surface area (Å²) in [6.07, 6.45) is 1.04. The van der Waals surface area contributed by atoms with Crippen LogP contribution in [0.4, 0.5) is 5.69 Å². The molecule has 0 radical (unpaired) electrons. The standard InChI is InChI=1S/C20H26NO2PS3/c1-5-13-27-24(26,22-6-2)23-18-11-12-19(16(4)14-18)21-20(25)17-9-7-15(3)8-10-17/h7-12,14H,5-6,13H2,1-4H3,(H,21,25). The van der Waals surface area contributed by atoms with Crippen molar-refractivity contribution in [1.82, 2.24) is 0 Å². The molecule has 0 spiro atoms. The van der Waals surface area contributed by atoms with Crippen LogP contribution < -0.4 is 9.84 Å². The van der Waals surface area contributed by atoms with E-state index in [0.717, 1.165) is 34.7 Å². The summed E-state index contributed by atoms with van der Waals surface area (Å²) in [5.41, 5.74) is 1.84. The van der Waals surface area contributed by atoms with E-state index in [1.54, 1.807) is 11.4 Å². The van der Waals surface area contributed by atoms with Crippen LogP contribution in [-0.4, -0.2) is 17.3 Å². The number of rotatable bonds is 9. The lowest BCUT2D eigenvalue weighted by atomic mass is 10.1. The molecule has 1 N–H and O–H groups in total. The van der Waals surface area contributed by atoms with Crippen molar-refractivity contribution in [2.75, 3.05) is 17.7 Å². The first-order valence-electron chi connectivity index (χ1n) is 8.94. The second-order valence-electron chi connectivity index (χ2n) is 6.09. The SMILES string of the molecule is CCCSP(=S)(OCC)Oc1ccc(NC(=S)c2ccc(C)cc2)c(C)c1. The molecule has 0 aliphatic heterocycles. The maximum absolute atomic E-state index is 6.09. The van der Waals surface area contributed by atoms with E-state index in [-0.39, 0.29) is 0 Å². The summed E-state index contributed by atoms with van der Waals surface area (Å²) in [6, 6.07) is 14.0. The summed E-state index contributed by atoms with van der Waals surface area (Å²) >= 11 is 12.8. The number of nitrogens with one attached hydrogen (secondary N) is 1. The van der Waals surface area contributed by atoms with Crippen molar-refractivity contribution >= 4 is 51.8 Å². The monoisotopic (exact) mass is 439 g/mol. The molecule has 0 saturated carbocycles. The number of benzene rings is 2. The number of thiocarbonyl (C=S) groups is 1. The summed E-state index contributed by atoms with van der Waals surface area (Å²) in [6.45, 7) is 8.71. The zero-order valence-electron chi connectivity index (χ0n) is 16.2. The van der Waals surface area contributed by atoms with Crippen LogP contribution in [0.1, 0.15) is 37.0 Å². The minimum Gasteiger partial charge on any atom is -0.436 e. The van der Waals surface area contributed by atoms with Crippen molar-refractivity contribution < 1.29 is 9.05 Å². The van der Waals surface area contributed by atoms with Crippen LogP contribution in [0.2, 0.25) is 0 Å².